The fourth-order valence-corrected chi connectivity index (χ4v) is 2.28. The molecule has 2 rings (SSSR count). The first-order valence-electron chi connectivity index (χ1n) is 6.81. The molecule has 1 heterocycles. The molecule has 0 aliphatic carbocycles. The minimum Gasteiger partial charge on any atom is -0.482 e. The van der Waals surface area contributed by atoms with Gasteiger partial charge in [0.1, 0.15) is 23.2 Å². The van der Waals surface area contributed by atoms with Gasteiger partial charge in [0.15, 0.2) is 6.61 Å². The minimum atomic E-state index is -0.632. The lowest BCUT2D eigenvalue weighted by molar-refractivity contribution is -0.133. The molecule has 5 heteroatoms. The molecule has 1 aliphatic rings. The van der Waals surface area contributed by atoms with E-state index in [1.807, 2.05) is 0 Å². The molecule has 1 aliphatic heterocycles. The first kappa shape index (κ1) is 14.3. The molecule has 1 aromatic rings. The summed E-state index contributed by atoms with van der Waals surface area (Å²) in [5.74, 6) is -0.622. The summed E-state index contributed by atoms with van der Waals surface area (Å²) in [7, 11) is 0. The Balaban J connectivity index is 1.96. The van der Waals surface area contributed by atoms with Gasteiger partial charge in [-0.05, 0) is 25.0 Å². The van der Waals surface area contributed by atoms with Gasteiger partial charge in [0.25, 0.3) is 5.91 Å². The van der Waals surface area contributed by atoms with Gasteiger partial charge in [0, 0.05) is 13.1 Å². The van der Waals surface area contributed by atoms with Crippen LogP contribution >= 0.6 is 0 Å². The molecule has 0 spiro atoms. The molecule has 4 nitrogen and oxygen atoms in total. The third-order valence-corrected chi connectivity index (χ3v) is 3.40. The van der Waals surface area contributed by atoms with Crippen LogP contribution in [0.5, 0.6) is 5.75 Å². The summed E-state index contributed by atoms with van der Waals surface area (Å²) >= 11 is 0. The van der Waals surface area contributed by atoms with Gasteiger partial charge in [0.05, 0.1) is 0 Å². The SMILES string of the molecule is N#Cc1c(F)cccc1OCC(=O)N1CCCCCC1. The number of carbonyl (C=O) groups excluding carboxylic acids is 1. The normalized spacial score (nSPS) is 15.3. The number of nitrogens with zero attached hydrogens (tertiary/aromatic N) is 2. The van der Waals surface area contributed by atoms with Gasteiger partial charge in [-0.2, -0.15) is 5.26 Å². The first-order valence-corrected chi connectivity index (χ1v) is 6.81. The first-order chi connectivity index (χ1) is 9.72. The maximum atomic E-state index is 13.4. The highest BCUT2D eigenvalue weighted by Crippen LogP contribution is 2.20. The van der Waals surface area contributed by atoms with Crippen LogP contribution in [0.1, 0.15) is 31.2 Å². The number of hydrogen-bond acceptors (Lipinski definition) is 3. The molecule has 106 valence electrons. The Hall–Kier alpha value is -2.09. The third kappa shape index (κ3) is 3.47. The second-order valence-corrected chi connectivity index (χ2v) is 4.81. The summed E-state index contributed by atoms with van der Waals surface area (Å²) in [6.07, 6.45) is 4.31. The van der Waals surface area contributed by atoms with E-state index in [4.69, 9.17) is 10.00 Å². The highest BCUT2D eigenvalue weighted by atomic mass is 19.1. The second kappa shape index (κ2) is 6.90. The molecule has 1 aromatic carbocycles. The Bertz CT molecular complexity index is 517. The number of hydrogen-bond donors (Lipinski definition) is 0. The predicted molar refractivity (Wildman–Crippen MR) is 71.7 cm³/mol. The van der Waals surface area contributed by atoms with Gasteiger partial charge in [-0.15, -0.1) is 0 Å². The van der Waals surface area contributed by atoms with E-state index in [0.29, 0.717) is 0 Å². The molecular formula is C15H17FN2O2. The highest BCUT2D eigenvalue weighted by Gasteiger charge is 2.17. The van der Waals surface area contributed by atoms with Crippen LogP contribution in [0.25, 0.3) is 0 Å². The van der Waals surface area contributed by atoms with Crippen molar-refractivity contribution in [3.8, 4) is 11.8 Å². The number of benzene rings is 1. The van der Waals surface area contributed by atoms with Crippen LogP contribution in [0.2, 0.25) is 0 Å². The third-order valence-electron chi connectivity index (χ3n) is 3.40. The van der Waals surface area contributed by atoms with E-state index in [0.717, 1.165) is 38.8 Å². The van der Waals surface area contributed by atoms with Crippen molar-refractivity contribution in [3.05, 3.63) is 29.6 Å². The van der Waals surface area contributed by atoms with Crippen molar-refractivity contribution in [1.82, 2.24) is 4.90 Å². The molecule has 1 amide bonds. The zero-order chi connectivity index (χ0) is 14.4. The Labute approximate surface area is 117 Å². The Morgan fingerprint density at radius 3 is 2.65 bits per heavy atom. The van der Waals surface area contributed by atoms with Gasteiger partial charge in [0.2, 0.25) is 0 Å². The molecule has 0 bridgehead atoms. The second-order valence-electron chi connectivity index (χ2n) is 4.81. The van der Waals surface area contributed by atoms with E-state index in [9.17, 15) is 9.18 Å². The Morgan fingerprint density at radius 1 is 1.30 bits per heavy atom. The molecule has 0 unspecified atom stereocenters. The number of likely N-dealkylation sites (tertiary alicyclic amines) is 1. The molecule has 0 radical (unpaired) electrons. The van der Waals surface area contributed by atoms with Crippen molar-refractivity contribution < 1.29 is 13.9 Å². The maximum Gasteiger partial charge on any atom is 0.260 e. The maximum absolute atomic E-state index is 13.4. The van der Waals surface area contributed by atoms with Crippen molar-refractivity contribution in [3.63, 3.8) is 0 Å². The van der Waals surface area contributed by atoms with Gasteiger partial charge in [-0.3, -0.25) is 4.79 Å². The largest absolute Gasteiger partial charge is 0.482 e. The van der Waals surface area contributed by atoms with Gasteiger partial charge in [-0.25, -0.2) is 4.39 Å². The molecule has 0 atom stereocenters. The number of carbonyl (C=O) groups is 1. The van der Waals surface area contributed by atoms with E-state index in [1.54, 1.807) is 11.0 Å². The van der Waals surface area contributed by atoms with Gasteiger partial charge < -0.3 is 9.64 Å². The van der Waals surface area contributed by atoms with Crippen molar-refractivity contribution in [2.75, 3.05) is 19.7 Å². The summed E-state index contributed by atoms with van der Waals surface area (Å²) in [4.78, 5) is 13.8. The number of amides is 1. The van der Waals surface area contributed by atoms with Crippen molar-refractivity contribution in [2.24, 2.45) is 0 Å². The number of ether oxygens (including phenoxy) is 1. The highest BCUT2D eigenvalue weighted by molar-refractivity contribution is 5.77. The Kier molecular flexibility index (Phi) is 4.94. The average molecular weight is 276 g/mol. The monoisotopic (exact) mass is 276 g/mol. The number of rotatable bonds is 3. The van der Waals surface area contributed by atoms with Crippen LogP contribution in [-0.2, 0) is 4.79 Å². The lowest BCUT2D eigenvalue weighted by atomic mass is 10.2. The zero-order valence-corrected chi connectivity index (χ0v) is 11.3. The zero-order valence-electron chi connectivity index (χ0n) is 11.3. The van der Waals surface area contributed by atoms with E-state index < -0.39 is 5.82 Å². The lowest BCUT2D eigenvalue weighted by Gasteiger charge is -2.20. The Morgan fingerprint density at radius 2 is 2.00 bits per heavy atom. The van der Waals surface area contributed by atoms with Crippen LogP contribution in [-0.4, -0.2) is 30.5 Å². The molecule has 1 fully saturated rings. The summed E-state index contributed by atoms with van der Waals surface area (Å²) in [5, 5.41) is 8.89. The van der Waals surface area contributed by atoms with E-state index in [2.05, 4.69) is 0 Å². The summed E-state index contributed by atoms with van der Waals surface area (Å²) < 4.78 is 18.7. The van der Waals surface area contributed by atoms with E-state index in [1.165, 1.54) is 18.2 Å². The quantitative estimate of drug-likeness (QED) is 0.852. The molecule has 20 heavy (non-hydrogen) atoms. The van der Waals surface area contributed by atoms with Crippen LogP contribution < -0.4 is 4.74 Å². The van der Waals surface area contributed by atoms with Crippen LogP contribution in [0.3, 0.4) is 0 Å². The van der Waals surface area contributed by atoms with Crippen molar-refractivity contribution in [2.45, 2.75) is 25.7 Å². The molecule has 0 saturated carbocycles. The topological polar surface area (TPSA) is 53.3 Å². The van der Waals surface area contributed by atoms with E-state index in [-0.39, 0.29) is 23.8 Å². The van der Waals surface area contributed by atoms with Crippen LogP contribution in [0, 0.1) is 17.1 Å². The standard InChI is InChI=1S/C15H17FN2O2/c16-13-6-5-7-14(12(13)10-17)20-11-15(19)18-8-3-1-2-4-9-18/h5-7H,1-4,8-9,11H2. The molecule has 1 saturated heterocycles. The smallest absolute Gasteiger partial charge is 0.260 e. The fourth-order valence-electron chi connectivity index (χ4n) is 2.28. The van der Waals surface area contributed by atoms with E-state index >= 15 is 0 Å². The minimum absolute atomic E-state index is 0.111. The van der Waals surface area contributed by atoms with Crippen molar-refractivity contribution >= 4 is 5.91 Å². The predicted octanol–water partition coefficient (Wildman–Crippen LogP) is 2.48. The summed E-state index contributed by atoms with van der Waals surface area (Å²) in [6, 6.07) is 5.91. The van der Waals surface area contributed by atoms with Crippen molar-refractivity contribution in [1.29, 1.82) is 5.26 Å². The average Bonchev–Trinajstić information content (AvgIpc) is 2.74. The molecular weight excluding hydrogens is 259 g/mol. The van der Waals surface area contributed by atoms with Gasteiger partial charge in [-0.1, -0.05) is 18.9 Å². The molecule has 0 N–H and O–H groups in total. The van der Waals surface area contributed by atoms with Gasteiger partial charge >= 0.3 is 0 Å². The molecule has 0 aromatic heterocycles. The number of nitriles is 1. The summed E-state index contributed by atoms with van der Waals surface area (Å²) in [5.41, 5.74) is -0.156. The lowest BCUT2D eigenvalue weighted by Crippen LogP contribution is -2.35. The fraction of sp³-hybridized carbons (Fsp3) is 0.467. The number of halogens is 1. The van der Waals surface area contributed by atoms with Crippen LogP contribution in [0.15, 0.2) is 18.2 Å². The van der Waals surface area contributed by atoms with Crippen LogP contribution in [0.4, 0.5) is 4.39 Å². The summed E-state index contributed by atoms with van der Waals surface area (Å²) in [6.45, 7) is 1.34.